The molecule has 194 valence electrons. The third-order valence-corrected chi connectivity index (χ3v) is 6.67. The fourth-order valence-electron chi connectivity index (χ4n) is 4.61. The number of ketones is 1. The van der Waals surface area contributed by atoms with Crippen molar-refractivity contribution in [1.82, 2.24) is 5.32 Å². The second-order valence-corrected chi connectivity index (χ2v) is 9.62. The molecular weight excluding hydrogens is 450 g/mol. The maximum Gasteiger partial charge on any atom is 0.331 e. The quantitative estimate of drug-likeness (QED) is 0.320. The molecule has 8 heteroatoms. The molecule has 0 aromatic carbocycles. The Kier molecular flexibility index (Phi) is 11.5. The van der Waals surface area contributed by atoms with Gasteiger partial charge in [0.1, 0.15) is 18.0 Å². The molecule has 2 heterocycles. The van der Waals surface area contributed by atoms with E-state index in [-0.39, 0.29) is 35.9 Å². The van der Waals surface area contributed by atoms with Crippen LogP contribution in [0.3, 0.4) is 0 Å². The second kappa shape index (κ2) is 14.1. The summed E-state index contributed by atoms with van der Waals surface area (Å²) in [6.07, 6.45) is 9.96. The van der Waals surface area contributed by atoms with Crippen LogP contribution in [0.5, 0.6) is 0 Å². The zero-order valence-electron chi connectivity index (χ0n) is 21.2. The third-order valence-electron chi connectivity index (χ3n) is 6.67. The van der Waals surface area contributed by atoms with E-state index >= 15 is 0 Å². The maximum absolute atomic E-state index is 13.0. The molecule has 2 aliphatic heterocycles. The van der Waals surface area contributed by atoms with Gasteiger partial charge in [0.15, 0.2) is 0 Å². The number of piperidine rings is 1. The Morgan fingerprint density at radius 3 is 2.51 bits per heavy atom. The Labute approximate surface area is 207 Å². The van der Waals surface area contributed by atoms with E-state index in [9.17, 15) is 24.3 Å². The van der Waals surface area contributed by atoms with Crippen molar-refractivity contribution in [3.63, 3.8) is 0 Å². The number of amides is 2. The number of methoxy groups -OCH3 is 1. The average molecular weight is 490 g/mol. The van der Waals surface area contributed by atoms with Crippen LogP contribution in [0.2, 0.25) is 0 Å². The lowest BCUT2D eigenvalue weighted by Gasteiger charge is -2.27. The van der Waals surface area contributed by atoms with Crippen LogP contribution in [0.25, 0.3) is 0 Å². The lowest BCUT2D eigenvalue weighted by Crippen LogP contribution is -2.38. The highest BCUT2D eigenvalue weighted by atomic mass is 16.5. The summed E-state index contributed by atoms with van der Waals surface area (Å²) in [6.45, 7) is 5.39. The highest BCUT2D eigenvalue weighted by molar-refractivity contribution is 5.97. The van der Waals surface area contributed by atoms with Crippen molar-refractivity contribution in [2.75, 3.05) is 7.11 Å². The van der Waals surface area contributed by atoms with E-state index in [2.05, 4.69) is 5.32 Å². The van der Waals surface area contributed by atoms with Gasteiger partial charge in [-0.1, -0.05) is 38.2 Å². The largest absolute Gasteiger partial charge is 0.454 e. The first-order chi connectivity index (χ1) is 16.6. The fraction of sp³-hybridized carbons (Fsp3) is 0.630. The average Bonchev–Trinajstić information content (AvgIpc) is 2.79. The molecular formula is C27H39NO7. The number of hydrogen-bond acceptors (Lipinski definition) is 7. The molecule has 0 bridgehead atoms. The number of carbonyl (C=O) groups is 4. The molecule has 2 amide bonds. The maximum atomic E-state index is 13.0. The Morgan fingerprint density at radius 1 is 1.20 bits per heavy atom. The lowest BCUT2D eigenvalue weighted by molar-refractivity contribution is -0.145. The number of hydrogen-bond donors (Lipinski definition) is 2. The molecule has 2 aliphatic rings. The van der Waals surface area contributed by atoms with Crippen molar-refractivity contribution in [3.05, 3.63) is 36.0 Å². The zero-order valence-corrected chi connectivity index (χ0v) is 21.2. The smallest absolute Gasteiger partial charge is 0.331 e. The van der Waals surface area contributed by atoms with Gasteiger partial charge in [-0.3, -0.25) is 19.7 Å². The molecule has 0 aromatic heterocycles. The Balaban J connectivity index is 2.11. The molecule has 0 aliphatic carbocycles. The summed E-state index contributed by atoms with van der Waals surface area (Å²) in [7, 11) is 1.55. The number of carbonyl (C=O) groups excluding carboxylic acids is 4. The first kappa shape index (κ1) is 28.7. The van der Waals surface area contributed by atoms with E-state index in [4.69, 9.17) is 9.47 Å². The predicted octanol–water partition coefficient (Wildman–Crippen LogP) is 3.19. The van der Waals surface area contributed by atoms with Crippen LogP contribution in [0.1, 0.15) is 65.7 Å². The topological polar surface area (TPSA) is 119 Å². The molecule has 1 fully saturated rings. The summed E-state index contributed by atoms with van der Waals surface area (Å²) in [5.41, 5.74) is 0.685. The molecule has 2 N–H and O–H groups in total. The van der Waals surface area contributed by atoms with Crippen molar-refractivity contribution in [2.24, 2.45) is 17.8 Å². The number of aliphatic hydroxyl groups excluding tert-OH is 1. The number of cyclic esters (lactones) is 1. The first-order valence-electron chi connectivity index (χ1n) is 12.4. The standard InChI is InChI=1S/C27H39NO7/c1-17-14-18(2)27(35-25(32)13-8-6-5-7-12-22(34-4)26(17)33)19(3)21(29)11-9-10-20-15-23(30)28-24(31)16-20/h7-8,12-14,17,19-20,22,26-27,33H,5-6,9-11,15-16H2,1-4H3,(H,28,30,31)/b12-7+,13-8+,18-14-/t17?,19-,22+,26+,27+/m1/s1. The van der Waals surface area contributed by atoms with Crippen molar-refractivity contribution in [1.29, 1.82) is 0 Å². The number of Topliss-reactive ketones (excluding diaryl/α,β-unsaturated/α-hetero) is 1. The Bertz CT molecular complexity index is 844. The van der Waals surface area contributed by atoms with Crippen LogP contribution in [0.4, 0.5) is 0 Å². The van der Waals surface area contributed by atoms with Gasteiger partial charge in [0, 0.05) is 38.4 Å². The van der Waals surface area contributed by atoms with Gasteiger partial charge in [0.2, 0.25) is 11.8 Å². The number of allylic oxidation sites excluding steroid dienone is 2. The van der Waals surface area contributed by atoms with Crippen molar-refractivity contribution in [2.45, 2.75) is 84.0 Å². The van der Waals surface area contributed by atoms with Gasteiger partial charge >= 0.3 is 5.97 Å². The van der Waals surface area contributed by atoms with Crippen molar-refractivity contribution < 1.29 is 33.8 Å². The highest BCUT2D eigenvalue weighted by Crippen LogP contribution is 2.25. The summed E-state index contributed by atoms with van der Waals surface area (Å²) in [5.74, 6) is -2.06. The van der Waals surface area contributed by atoms with Crippen LogP contribution in [0, 0.1) is 17.8 Å². The molecule has 35 heavy (non-hydrogen) atoms. The van der Waals surface area contributed by atoms with Gasteiger partial charge in [-0.15, -0.1) is 0 Å². The Morgan fingerprint density at radius 2 is 1.86 bits per heavy atom. The summed E-state index contributed by atoms with van der Waals surface area (Å²) in [6, 6.07) is 0. The van der Waals surface area contributed by atoms with E-state index in [0.717, 1.165) is 0 Å². The summed E-state index contributed by atoms with van der Waals surface area (Å²) < 4.78 is 11.1. The minimum absolute atomic E-state index is 0.0524. The summed E-state index contributed by atoms with van der Waals surface area (Å²) >= 11 is 0. The molecule has 2 rings (SSSR count). The fourth-order valence-corrected chi connectivity index (χ4v) is 4.61. The SMILES string of the molecule is CO[C@H]1/C=C/CC/C=C/C(=O)O[C@H]([C@H](C)C(=O)CCCC2CC(=O)NC(=O)C2)/C(C)=C\C(C)[C@@H]1O. The first-order valence-corrected chi connectivity index (χ1v) is 12.4. The van der Waals surface area contributed by atoms with E-state index in [0.29, 0.717) is 44.1 Å². The number of imide groups is 1. The van der Waals surface area contributed by atoms with Gasteiger partial charge in [0.05, 0.1) is 12.0 Å². The number of nitrogens with one attached hydrogen (secondary N) is 1. The molecule has 0 aromatic rings. The molecule has 0 radical (unpaired) electrons. The van der Waals surface area contributed by atoms with Crippen LogP contribution >= 0.6 is 0 Å². The molecule has 8 nitrogen and oxygen atoms in total. The highest BCUT2D eigenvalue weighted by Gasteiger charge is 2.31. The van der Waals surface area contributed by atoms with Gasteiger partial charge in [-0.2, -0.15) is 0 Å². The second-order valence-electron chi connectivity index (χ2n) is 9.62. The minimum atomic E-state index is -0.803. The normalized spacial score (nSPS) is 31.3. The predicted molar refractivity (Wildman–Crippen MR) is 131 cm³/mol. The van der Waals surface area contributed by atoms with E-state index in [1.807, 2.05) is 25.2 Å². The zero-order chi connectivity index (χ0) is 26.0. The Hall–Kier alpha value is -2.58. The summed E-state index contributed by atoms with van der Waals surface area (Å²) in [5, 5.41) is 13.1. The van der Waals surface area contributed by atoms with Gasteiger partial charge in [-0.05, 0) is 44.1 Å². The molecule has 0 spiro atoms. The number of ether oxygens (including phenoxy) is 2. The molecule has 1 saturated heterocycles. The third kappa shape index (κ3) is 9.18. The van der Waals surface area contributed by atoms with E-state index in [1.165, 1.54) is 6.08 Å². The molecule has 0 saturated carbocycles. The van der Waals surface area contributed by atoms with Crippen LogP contribution in [-0.2, 0) is 28.7 Å². The van der Waals surface area contributed by atoms with Gasteiger partial charge in [0.25, 0.3) is 0 Å². The van der Waals surface area contributed by atoms with E-state index < -0.39 is 30.2 Å². The number of esters is 1. The monoisotopic (exact) mass is 489 g/mol. The van der Waals surface area contributed by atoms with Crippen molar-refractivity contribution >= 4 is 23.6 Å². The van der Waals surface area contributed by atoms with Crippen LogP contribution in [-0.4, -0.2) is 54.1 Å². The van der Waals surface area contributed by atoms with Crippen molar-refractivity contribution in [3.8, 4) is 0 Å². The van der Waals surface area contributed by atoms with Gasteiger partial charge < -0.3 is 14.6 Å². The lowest BCUT2D eigenvalue weighted by atomic mass is 9.86. The van der Waals surface area contributed by atoms with Crippen LogP contribution in [0.15, 0.2) is 36.0 Å². The van der Waals surface area contributed by atoms with Gasteiger partial charge in [-0.25, -0.2) is 4.79 Å². The molecule has 5 atom stereocenters. The van der Waals surface area contributed by atoms with E-state index in [1.54, 1.807) is 27.0 Å². The molecule has 1 unspecified atom stereocenters. The minimum Gasteiger partial charge on any atom is -0.454 e. The number of aliphatic hydroxyl groups is 1. The summed E-state index contributed by atoms with van der Waals surface area (Å²) in [4.78, 5) is 48.6. The van der Waals surface area contributed by atoms with Crippen LogP contribution < -0.4 is 5.32 Å². The number of rotatable bonds is 7.